The van der Waals surface area contributed by atoms with Gasteiger partial charge in [-0.2, -0.15) is 0 Å². The van der Waals surface area contributed by atoms with Crippen molar-refractivity contribution in [1.82, 2.24) is 0 Å². The summed E-state index contributed by atoms with van der Waals surface area (Å²) < 4.78 is 1.55. The van der Waals surface area contributed by atoms with Crippen molar-refractivity contribution < 1.29 is 0 Å². The second-order valence-corrected chi connectivity index (χ2v) is 6.86. The van der Waals surface area contributed by atoms with Gasteiger partial charge in [-0.1, -0.05) is 0 Å². The molecule has 84 valence electrons. The van der Waals surface area contributed by atoms with Gasteiger partial charge in [-0.15, -0.1) is 34.0 Å². The van der Waals surface area contributed by atoms with Crippen LogP contribution in [0.15, 0.2) is 0 Å². The van der Waals surface area contributed by atoms with Crippen LogP contribution in [0.1, 0.15) is 46.0 Å². The van der Waals surface area contributed by atoms with E-state index in [0.717, 1.165) is 17.8 Å². The molecule has 0 heterocycles. The van der Waals surface area contributed by atoms with Crippen LogP contribution in [-0.2, 0) is 0 Å². The molecule has 1 fully saturated rings. The molecule has 2 unspecified atom stereocenters. The molecular weight excluding hydrogens is 496 g/mol. The molecule has 14 heavy (non-hydrogen) atoms. The van der Waals surface area contributed by atoms with Crippen molar-refractivity contribution in [2.24, 2.45) is 17.8 Å². The molecule has 3 heteroatoms. The molecule has 1 aliphatic carbocycles. The monoisotopic (exact) mass is 518 g/mol. The Balaban J connectivity index is 0. The molecule has 0 aromatic carbocycles. The van der Waals surface area contributed by atoms with Gasteiger partial charge in [-0.05, 0) is 0 Å². The third kappa shape index (κ3) is 6.46. The molecule has 0 amide bonds. The van der Waals surface area contributed by atoms with E-state index in [2.05, 4.69) is 13.8 Å². The Morgan fingerprint density at radius 3 is 2.36 bits per heavy atom. The summed E-state index contributed by atoms with van der Waals surface area (Å²) in [5.74, 6) is 3.10. The number of hydrogen-bond donors (Lipinski definition) is 0. The van der Waals surface area contributed by atoms with E-state index in [-0.39, 0.29) is 34.0 Å². The molecule has 1 aliphatic rings. The summed E-state index contributed by atoms with van der Waals surface area (Å²) in [5.41, 5.74) is 0. The van der Waals surface area contributed by atoms with Gasteiger partial charge in [-0.25, -0.2) is 0 Å². The van der Waals surface area contributed by atoms with Crippen molar-refractivity contribution in [2.75, 3.05) is 0 Å². The third-order valence-corrected chi connectivity index (χ3v) is 4.64. The summed E-state index contributed by atoms with van der Waals surface area (Å²) in [6.45, 7) is 4.80. The maximum absolute atomic E-state index is 2.40. The van der Waals surface area contributed by atoms with Crippen molar-refractivity contribution in [3.63, 3.8) is 0 Å². The fourth-order valence-electron chi connectivity index (χ4n) is 2.44. The van der Waals surface area contributed by atoms with Crippen LogP contribution in [0.25, 0.3) is 0 Å². The van der Waals surface area contributed by atoms with Crippen molar-refractivity contribution >= 4 is 59.7 Å². The second kappa shape index (κ2) is 10.1. The summed E-state index contributed by atoms with van der Waals surface area (Å²) in [6, 6.07) is 0. The molecule has 0 aromatic rings. The van der Waals surface area contributed by atoms with E-state index in [0.29, 0.717) is 0 Å². The van der Waals surface area contributed by atoms with Crippen LogP contribution in [0.2, 0.25) is 3.98 Å². The molecular formula is C11H23Br2Tl. The van der Waals surface area contributed by atoms with Gasteiger partial charge in [-0.3, -0.25) is 0 Å². The maximum atomic E-state index is 2.40. The summed E-state index contributed by atoms with van der Waals surface area (Å²) in [6.07, 6.45) is 7.66. The minimum absolute atomic E-state index is 0. The predicted octanol–water partition coefficient (Wildman–Crippen LogP) is 4.58. The molecule has 0 radical (unpaired) electrons. The zero-order valence-electron chi connectivity index (χ0n) is 9.37. The first kappa shape index (κ1) is 18.3. The fourth-order valence-corrected chi connectivity index (χ4v) is 4.27. The first-order valence-corrected chi connectivity index (χ1v) is 8.61. The molecule has 0 bridgehead atoms. The van der Waals surface area contributed by atoms with Crippen molar-refractivity contribution in [2.45, 2.75) is 49.9 Å². The molecule has 0 saturated heterocycles. The van der Waals surface area contributed by atoms with E-state index in [9.17, 15) is 0 Å². The first-order chi connectivity index (χ1) is 5.74. The van der Waals surface area contributed by atoms with E-state index in [4.69, 9.17) is 0 Å². The third-order valence-electron chi connectivity index (χ3n) is 3.34. The molecule has 2 atom stereocenters. The Kier molecular flexibility index (Phi) is 13.1. The van der Waals surface area contributed by atoms with Crippen LogP contribution >= 0.6 is 34.0 Å². The van der Waals surface area contributed by atoms with Crippen molar-refractivity contribution in [1.29, 1.82) is 0 Å². The van der Waals surface area contributed by atoms with Crippen LogP contribution < -0.4 is 0 Å². The molecule has 0 aromatic heterocycles. The van der Waals surface area contributed by atoms with Gasteiger partial charge in [0.2, 0.25) is 0 Å². The van der Waals surface area contributed by atoms with E-state index in [1.807, 2.05) is 0 Å². The Morgan fingerprint density at radius 2 is 1.86 bits per heavy atom. The Bertz CT molecular complexity index is 126. The zero-order chi connectivity index (χ0) is 8.97. The van der Waals surface area contributed by atoms with Crippen LogP contribution in [0.5, 0.6) is 0 Å². The molecule has 0 aliphatic heterocycles. The molecule has 1 saturated carbocycles. The van der Waals surface area contributed by atoms with Gasteiger partial charge >= 0.3 is 93.5 Å². The predicted molar refractivity (Wildman–Crippen MR) is 76.1 cm³/mol. The Morgan fingerprint density at radius 1 is 1.21 bits per heavy atom. The molecule has 0 spiro atoms. The van der Waals surface area contributed by atoms with E-state index < -0.39 is 0 Å². The Hall–Kier alpha value is 1.88. The summed E-state index contributed by atoms with van der Waals surface area (Å²) >= 11 is 1.23. The van der Waals surface area contributed by atoms with Crippen LogP contribution in [0.4, 0.5) is 0 Å². The summed E-state index contributed by atoms with van der Waals surface area (Å²) in [5, 5.41) is 0. The van der Waals surface area contributed by atoms with Gasteiger partial charge in [0, 0.05) is 0 Å². The topological polar surface area (TPSA) is 0 Å². The molecule has 1 rings (SSSR count). The number of halogens is 2. The standard InChI is InChI=1S/C11H21.2BrH.Tl/c1-4-10-6-5-7-11(8-10)9(2)3;;;/h9-11H,1,4-8H2,2-3H3;2*1H;. The van der Waals surface area contributed by atoms with Gasteiger partial charge in [0.1, 0.15) is 0 Å². The SMILES string of the molecule is Br.Br.CC(C)C1CCCC(C[CH2][Tl])C1. The average molecular weight is 519 g/mol. The van der Waals surface area contributed by atoms with E-state index in [1.165, 1.54) is 45.0 Å². The van der Waals surface area contributed by atoms with Gasteiger partial charge in [0.25, 0.3) is 0 Å². The second-order valence-electron chi connectivity index (χ2n) is 4.61. The van der Waals surface area contributed by atoms with Crippen LogP contribution in [0, 0.1) is 17.8 Å². The molecule has 0 nitrogen and oxygen atoms in total. The van der Waals surface area contributed by atoms with Crippen LogP contribution in [0.3, 0.4) is 0 Å². The normalized spacial score (nSPS) is 26.4. The van der Waals surface area contributed by atoms with Gasteiger partial charge in [0.15, 0.2) is 0 Å². The van der Waals surface area contributed by atoms with Crippen LogP contribution in [-0.4, -0.2) is 25.8 Å². The average Bonchev–Trinajstić information content (AvgIpc) is 2.05. The minimum atomic E-state index is 0. The quantitative estimate of drug-likeness (QED) is 0.479. The fraction of sp³-hybridized carbons (Fsp3) is 1.00. The van der Waals surface area contributed by atoms with E-state index in [1.54, 1.807) is 16.8 Å². The number of rotatable bonds is 3. The van der Waals surface area contributed by atoms with Gasteiger partial charge < -0.3 is 0 Å². The van der Waals surface area contributed by atoms with Gasteiger partial charge in [0.05, 0.1) is 0 Å². The first-order valence-electron chi connectivity index (χ1n) is 5.44. The van der Waals surface area contributed by atoms with E-state index >= 15 is 0 Å². The zero-order valence-corrected chi connectivity index (χ0v) is 17.3. The Labute approximate surface area is 126 Å². The number of hydrogen-bond acceptors (Lipinski definition) is 0. The summed E-state index contributed by atoms with van der Waals surface area (Å²) in [7, 11) is 0. The van der Waals surface area contributed by atoms with Crippen molar-refractivity contribution in [3.8, 4) is 0 Å². The summed E-state index contributed by atoms with van der Waals surface area (Å²) in [4.78, 5) is 0. The van der Waals surface area contributed by atoms with Crippen molar-refractivity contribution in [3.05, 3.63) is 0 Å². The molecule has 0 N–H and O–H groups in total.